The smallest absolute Gasteiger partial charge is 0.282 e. The molecule has 6 rings (SSSR count). The number of alkyl halides is 2. The Labute approximate surface area is 247 Å². The van der Waals surface area contributed by atoms with Gasteiger partial charge in [0.1, 0.15) is 11.4 Å². The highest BCUT2D eigenvalue weighted by Gasteiger charge is 2.46. The normalized spacial score (nSPS) is 17.5. The molecule has 1 saturated heterocycles. The van der Waals surface area contributed by atoms with Crippen molar-refractivity contribution in [1.82, 2.24) is 19.8 Å². The maximum atomic E-state index is 13.6. The van der Waals surface area contributed by atoms with E-state index in [0.29, 0.717) is 29.3 Å². The maximum absolute atomic E-state index is 13.6. The lowest BCUT2D eigenvalue weighted by Gasteiger charge is -2.39. The molecule has 2 aliphatic carbocycles. The molecule has 0 atom stereocenters. The van der Waals surface area contributed by atoms with E-state index in [1.807, 2.05) is 12.1 Å². The summed E-state index contributed by atoms with van der Waals surface area (Å²) in [6, 6.07) is 11.6. The summed E-state index contributed by atoms with van der Waals surface area (Å²) in [5.41, 5.74) is 2.41. The van der Waals surface area contributed by atoms with E-state index >= 15 is 0 Å². The van der Waals surface area contributed by atoms with Gasteiger partial charge in [-0.15, -0.1) is 0 Å². The Morgan fingerprint density at radius 2 is 1.86 bits per heavy atom. The number of hydrogen-bond donors (Lipinski definition) is 2. The lowest BCUT2D eigenvalue weighted by molar-refractivity contribution is -0.113. The van der Waals surface area contributed by atoms with Crippen LogP contribution in [0.15, 0.2) is 47.4 Å². The number of aromatic nitrogens is 2. The highest BCUT2D eigenvalue weighted by molar-refractivity contribution is 6.05. The van der Waals surface area contributed by atoms with Gasteiger partial charge in [-0.25, -0.2) is 13.8 Å². The van der Waals surface area contributed by atoms with Crippen LogP contribution >= 0.6 is 0 Å². The van der Waals surface area contributed by atoms with Gasteiger partial charge in [-0.3, -0.25) is 14.4 Å². The third kappa shape index (κ3) is 6.20. The molecular formula is C32H32F2N6O3. The monoisotopic (exact) mass is 586 g/mol. The number of anilines is 1. The van der Waals surface area contributed by atoms with E-state index in [0.717, 1.165) is 29.8 Å². The van der Waals surface area contributed by atoms with E-state index in [1.54, 1.807) is 37.5 Å². The molecule has 3 aromatic rings. The van der Waals surface area contributed by atoms with Crippen LogP contribution in [0, 0.1) is 17.2 Å². The summed E-state index contributed by atoms with van der Waals surface area (Å²) >= 11 is 0. The molecule has 1 aliphatic heterocycles. The number of amides is 2. The van der Waals surface area contributed by atoms with E-state index < -0.39 is 36.4 Å². The van der Waals surface area contributed by atoms with Crippen molar-refractivity contribution in [3.8, 4) is 17.2 Å². The van der Waals surface area contributed by atoms with Gasteiger partial charge in [-0.1, -0.05) is 12.5 Å². The van der Waals surface area contributed by atoms with Crippen molar-refractivity contribution in [2.45, 2.75) is 50.5 Å². The van der Waals surface area contributed by atoms with Gasteiger partial charge >= 0.3 is 0 Å². The van der Waals surface area contributed by atoms with Crippen LogP contribution in [0.2, 0.25) is 0 Å². The second-order valence-electron chi connectivity index (χ2n) is 11.9. The van der Waals surface area contributed by atoms with Crippen LogP contribution in [0.1, 0.15) is 75.6 Å². The molecule has 3 aliphatic rings. The highest BCUT2D eigenvalue weighted by atomic mass is 19.3. The van der Waals surface area contributed by atoms with Crippen molar-refractivity contribution < 1.29 is 18.4 Å². The minimum Gasteiger partial charge on any atom is -0.326 e. The fraction of sp³-hybridized carbons (Fsp3) is 0.406. The third-order valence-corrected chi connectivity index (χ3v) is 8.38. The molecule has 0 bridgehead atoms. The summed E-state index contributed by atoms with van der Waals surface area (Å²) in [5.74, 6) is -3.07. The Kier molecular flexibility index (Phi) is 7.56. The molecular weight excluding hydrogens is 554 g/mol. The number of benzene rings is 1. The fourth-order valence-corrected chi connectivity index (χ4v) is 5.57. The Morgan fingerprint density at radius 3 is 2.51 bits per heavy atom. The van der Waals surface area contributed by atoms with Crippen LogP contribution in [0.5, 0.6) is 0 Å². The van der Waals surface area contributed by atoms with Crippen molar-refractivity contribution in [1.29, 1.82) is 5.26 Å². The van der Waals surface area contributed by atoms with Crippen LogP contribution in [-0.2, 0) is 13.6 Å². The molecule has 2 saturated carbocycles. The van der Waals surface area contributed by atoms with E-state index in [9.17, 15) is 28.4 Å². The largest absolute Gasteiger partial charge is 0.326 e. The zero-order valence-corrected chi connectivity index (χ0v) is 23.8. The summed E-state index contributed by atoms with van der Waals surface area (Å²) in [4.78, 5) is 45.3. The van der Waals surface area contributed by atoms with Crippen LogP contribution in [0.25, 0.3) is 11.1 Å². The molecule has 0 radical (unpaired) electrons. The predicted octanol–water partition coefficient (Wildman–Crippen LogP) is 4.43. The SMILES string of the molecule is Cn1cc(CNCC2CCC2)cc(C(=O)Nc2cc(-c3ccc(C#N)cc3C(=O)N3CC(F)(F)C3)cc(C3CC3)n2)c1=O. The van der Waals surface area contributed by atoms with Gasteiger partial charge in [0.2, 0.25) is 0 Å². The highest BCUT2D eigenvalue weighted by Crippen LogP contribution is 2.41. The first-order valence-electron chi connectivity index (χ1n) is 14.6. The fourth-order valence-electron chi connectivity index (χ4n) is 5.57. The standard InChI is InChI=1S/C32H32F2N6O3/c1-39-16-21(15-36-14-19-3-2-4-19)10-26(30(39)42)29(41)38-28-12-23(11-27(37-28)22-6-7-22)24-8-5-20(13-35)9-25(24)31(43)40-17-32(33,34)18-40/h5,8-12,16,19,22,36H,2-4,6-7,14-15,17-18H2,1H3,(H,37,38,41). The van der Waals surface area contributed by atoms with E-state index in [2.05, 4.69) is 15.6 Å². The number of aryl methyl sites for hydroxylation is 1. The Bertz CT molecular complexity index is 1700. The number of rotatable bonds is 9. The molecule has 1 aromatic carbocycles. The number of nitrogens with zero attached hydrogens (tertiary/aromatic N) is 4. The summed E-state index contributed by atoms with van der Waals surface area (Å²) in [5, 5.41) is 15.6. The number of nitrogens with one attached hydrogen (secondary N) is 2. The summed E-state index contributed by atoms with van der Waals surface area (Å²) in [6.07, 6.45) is 7.25. The number of halogens is 2. The first kappa shape index (κ1) is 28.7. The van der Waals surface area contributed by atoms with Crippen molar-refractivity contribution >= 4 is 17.6 Å². The van der Waals surface area contributed by atoms with E-state index in [1.165, 1.54) is 29.9 Å². The third-order valence-electron chi connectivity index (χ3n) is 8.38. The van der Waals surface area contributed by atoms with Gasteiger partial charge in [0.15, 0.2) is 0 Å². The second kappa shape index (κ2) is 11.3. The van der Waals surface area contributed by atoms with Crippen molar-refractivity contribution in [2.24, 2.45) is 13.0 Å². The number of carbonyl (C=O) groups excluding carboxylic acids is 2. The molecule has 222 valence electrons. The Hall–Kier alpha value is -4.43. The number of likely N-dealkylation sites (tertiary alicyclic amines) is 1. The molecule has 2 N–H and O–H groups in total. The van der Waals surface area contributed by atoms with Gasteiger partial charge in [-0.2, -0.15) is 5.26 Å². The van der Waals surface area contributed by atoms with Crippen molar-refractivity contribution in [3.05, 3.63) is 80.9 Å². The van der Waals surface area contributed by atoms with Crippen LogP contribution in [-0.4, -0.2) is 51.8 Å². The molecule has 11 heteroatoms. The number of nitriles is 1. The minimum atomic E-state index is -2.93. The number of hydrogen-bond acceptors (Lipinski definition) is 6. The average Bonchev–Trinajstić information content (AvgIpc) is 3.79. The molecule has 2 amide bonds. The predicted molar refractivity (Wildman–Crippen MR) is 156 cm³/mol. The van der Waals surface area contributed by atoms with Crippen molar-refractivity contribution in [2.75, 3.05) is 25.0 Å². The van der Waals surface area contributed by atoms with Gasteiger partial charge < -0.3 is 20.1 Å². The zero-order valence-electron chi connectivity index (χ0n) is 23.8. The van der Waals surface area contributed by atoms with Gasteiger partial charge in [0.05, 0.1) is 24.7 Å². The maximum Gasteiger partial charge on any atom is 0.282 e. The van der Waals surface area contributed by atoms with Gasteiger partial charge in [-0.05, 0) is 85.2 Å². The van der Waals surface area contributed by atoms with Crippen LogP contribution in [0.4, 0.5) is 14.6 Å². The first-order valence-corrected chi connectivity index (χ1v) is 14.6. The zero-order chi connectivity index (χ0) is 30.3. The first-order chi connectivity index (χ1) is 20.6. The summed E-state index contributed by atoms with van der Waals surface area (Å²) in [7, 11) is 1.61. The molecule has 3 fully saturated rings. The quantitative estimate of drug-likeness (QED) is 0.383. The molecule has 2 aromatic heterocycles. The average molecular weight is 587 g/mol. The number of pyridine rings is 2. The number of carbonyl (C=O) groups is 2. The summed E-state index contributed by atoms with van der Waals surface area (Å²) < 4.78 is 28.5. The van der Waals surface area contributed by atoms with Gasteiger partial charge in [0, 0.05) is 37.0 Å². The summed E-state index contributed by atoms with van der Waals surface area (Å²) in [6.45, 7) is 0.0578. The van der Waals surface area contributed by atoms with E-state index in [-0.39, 0.29) is 28.4 Å². The minimum absolute atomic E-state index is 0.0152. The lowest BCUT2D eigenvalue weighted by atomic mass is 9.85. The molecule has 3 heterocycles. The van der Waals surface area contributed by atoms with Crippen LogP contribution < -0.4 is 16.2 Å². The molecule has 0 unspecified atom stereocenters. The van der Waals surface area contributed by atoms with E-state index in [4.69, 9.17) is 0 Å². The van der Waals surface area contributed by atoms with Gasteiger partial charge in [0.25, 0.3) is 23.3 Å². The molecule has 9 nitrogen and oxygen atoms in total. The lowest BCUT2D eigenvalue weighted by Crippen LogP contribution is -2.58. The second-order valence-corrected chi connectivity index (χ2v) is 11.9. The Balaban J connectivity index is 1.29. The van der Waals surface area contributed by atoms with Crippen LogP contribution in [0.3, 0.4) is 0 Å². The van der Waals surface area contributed by atoms with Crippen molar-refractivity contribution in [3.63, 3.8) is 0 Å². The topological polar surface area (TPSA) is 120 Å². The molecule has 43 heavy (non-hydrogen) atoms. The molecule has 0 spiro atoms. The Morgan fingerprint density at radius 1 is 1.09 bits per heavy atom.